The van der Waals surface area contributed by atoms with Gasteiger partial charge in [-0.05, 0) is 23.8 Å². The van der Waals surface area contributed by atoms with Crippen molar-refractivity contribution in [2.75, 3.05) is 0 Å². The van der Waals surface area contributed by atoms with Gasteiger partial charge in [0.15, 0.2) is 0 Å². The molecule has 19 heavy (non-hydrogen) atoms. The second-order valence-corrected chi connectivity index (χ2v) is 4.93. The number of nitrogens with zero attached hydrogens (tertiary/aromatic N) is 2. The Morgan fingerprint density at radius 1 is 1.26 bits per heavy atom. The first-order valence-electron chi connectivity index (χ1n) is 6.10. The monoisotopic (exact) mass is 271 g/mol. The molecule has 0 aliphatic heterocycles. The quantitative estimate of drug-likeness (QED) is 0.777. The summed E-state index contributed by atoms with van der Waals surface area (Å²) in [5, 5.41) is 1.87. The average molecular weight is 272 g/mol. The molecule has 3 rings (SSSR count). The molecule has 2 heterocycles. The molecule has 0 aliphatic rings. The van der Waals surface area contributed by atoms with E-state index in [4.69, 9.17) is 17.3 Å². The number of para-hydroxylation sites is 1. The SMILES string of the molecule is Cn1c(-c2ccc(CN)cn2)cc2cccc(Cl)c21. The summed E-state index contributed by atoms with van der Waals surface area (Å²) in [5.74, 6) is 0. The number of halogens is 1. The Bertz CT molecular complexity index is 729. The maximum absolute atomic E-state index is 6.25. The van der Waals surface area contributed by atoms with Gasteiger partial charge < -0.3 is 10.3 Å². The highest BCUT2D eigenvalue weighted by atomic mass is 35.5. The molecular weight excluding hydrogens is 258 g/mol. The summed E-state index contributed by atoms with van der Waals surface area (Å²) >= 11 is 6.25. The van der Waals surface area contributed by atoms with Gasteiger partial charge in [-0.25, -0.2) is 0 Å². The van der Waals surface area contributed by atoms with Crippen LogP contribution in [-0.4, -0.2) is 9.55 Å². The molecule has 0 saturated heterocycles. The molecule has 3 aromatic rings. The van der Waals surface area contributed by atoms with Crippen molar-refractivity contribution in [2.24, 2.45) is 12.8 Å². The summed E-state index contributed by atoms with van der Waals surface area (Å²) in [6, 6.07) is 12.0. The third kappa shape index (κ3) is 2.01. The summed E-state index contributed by atoms with van der Waals surface area (Å²) in [4.78, 5) is 4.46. The number of nitrogens with two attached hydrogens (primary N) is 1. The van der Waals surface area contributed by atoms with Crippen molar-refractivity contribution in [3.63, 3.8) is 0 Å². The Kier molecular flexibility index (Phi) is 3.01. The summed E-state index contributed by atoms with van der Waals surface area (Å²) in [6.07, 6.45) is 1.81. The lowest BCUT2D eigenvalue weighted by molar-refractivity contribution is 0.966. The molecule has 2 N–H and O–H groups in total. The van der Waals surface area contributed by atoms with Crippen molar-refractivity contribution in [1.82, 2.24) is 9.55 Å². The third-order valence-corrected chi connectivity index (χ3v) is 3.63. The van der Waals surface area contributed by atoms with Crippen molar-refractivity contribution < 1.29 is 0 Å². The van der Waals surface area contributed by atoms with E-state index in [2.05, 4.69) is 21.7 Å². The van der Waals surface area contributed by atoms with Gasteiger partial charge in [-0.2, -0.15) is 0 Å². The lowest BCUT2D eigenvalue weighted by atomic mass is 10.2. The van der Waals surface area contributed by atoms with Gasteiger partial charge in [0, 0.05) is 25.2 Å². The Balaban J connectivity index is 2.19. The molecule has 96 valence electrons. The van der Waals surface area contributed by atoms with Crippen LogP contribution in [0.15, 0.2) is 42.6 Å². The van der Waals surface area contributed by atoms with E-state index in [-0.39, 0.29) is 0 Å². The lowest BCUT2D eigenvalue weighted by Crippen LogP contribution is -1.98. The van der Waals surface area contributed by atoms with Crippen LogP contribution in [0.3, 0.4) is 0 Å². The van der Waals surface area contributed by atoms with Gasteiger partial charge >= 0.3 is 0 Å². The largest absolute Gasteiger partial charge is 0.341 e. The molecule has 0 aliphatic carbocycles. The Hall–Kier alpha value is -1.84. The van der Waals surface area contributed by atoms with Gasteiger partial charge in [0.1, 0.15) is 0 Å². The first-order valence-corrected chi connectivity index (χ1v) is 6.48. The van der Waals surface area contributed by atoms with Crippen LogP contribution in [0.25, 0.3) is 22.3 Å². The summed E-state index contributed by atoms with van der Waals surface area (Å²) < 4.78 is 2.07. The third-order valence-electron chi connectivity index (χ3n) is 3.33. The van der Waals surface area contributed by atoms with Gasteiger partial charge in [-0.1, -0.05) is 29.8 Å². The van der Waals surface area contributed by atoms with Crippen molar-refractivity contribution in [2.45, 2.75) is 6.54 Å². The fourth-order valence-electron chi connectivity index (χ4n) is 2.31. The maximum atomic E-state index is 6.25. The van der Waals surface area contributed by atoms with E-state index in [0.717, 1.165) is 32.9 Å². The van der Waals surface area contributed by atoms with Crippen LogP contribution in [-0.2, 0) is 13.6 Å². The maximum Gasteiger partial charge on any atom is 0.0866 e. The zero-order chi connectivity index (χ0) is 13.4. The van der Waals surface area contributed by atoms with E-state index < -0.39 is 0 Å². The first kappa shape index (κ1) is 12.2. The van der Waals surface area contributed by atoms with E-state index in [0.29, 0.717) is 6.54 Å². The molecule has 4 heteroatoms. The van der Waals surface area contributed by atoms with Crippen molar-refractivity contribution in [3.8, 4) is 11.4 Å². The molecule has 0 fully saturated rings. The van der Waals surface area contributed by atoms with Crippen LogP contribution in [0.5, 0.6) is 0 Å². The highest BCUT2D eigenvalue weighted by molar-refractivity contribution is 6.35. The molecule has 0 radical (unpaired) electrons. The molecule has 0 bridgehead atoms. The van der Waals surface area contributed by atoms with Gasteiger partial charge in [0.2, 0.25) is 0 Å². The molecule has 0 unspecified atom stereocenters. The van der Waals surface area contributed by atoms with E-state index in [1.807, 2.05) is 37.5 Å². The molecule has 2 aromatic heterocycles. The molecule has 0 amide bonds. The van der Waals surface area contributed by atoms with Crippen LogP contribution < -0.4 is 5.73 Å². The van der Waals surface area contributed by atoms with E-state index in [1.165, 1.54) is 0 Å². The average Bonchev–Trinajstić information content (AvgIpc) is 2.78. The Morgan fingerprint density at radius 3 is 2.74 bits per heavy atom. The smallest absolute Gasteiger partial charge is 0.0866 e. The summed E-state index contributed by atoms with van der Waals surface area (Å²) in [5.41, 5.74) is 9.62. The van der Waals surface area contributed by atoms with Crippen LogP contribution in [0.2, 0.25) is 5.02 Å². The number of benzene rings is 1. The highest BCUT2D eigenvalue weighted by Gasteiger charge is 2.10. The topological polar surface area (TPSA) is 43.8 Å². The number of rotatable bonds is 2. The Labute approximate surface area is 116 Å². The van der Waals surface area contributed by atoms with Crippen LogP contribution in [0.1, 0.15) is 5.56 Å². The number of hydrogen-bond donors (Lipinski definition) is 1. The fraction of sp³-hybridized carbons (Fsp3) is 0.133. The highest BCUT2D eigenvalue weighted by Crippen LogP contribution is 2.30. The fourth-order valence-corrected chi connectivity index (χ4v) is 2.62. The molecule has 0 saturated carbocycles. The zero-order valence-corrected chi connectivity index (χ0v) is 11.4. The second kappa shape index (κ2) is 4.68. The molecule has 3 nitrogen and oxygen atoms in total. The number of aromatic nitrogens is 2. The Morgan fingerprint density at radius 2 is 2.11 bits per heavy atom. The van der Waals surface area contributed by atoms with Gasteiger partial charge in [-0.3, -0.25) is 4.98 Å². The predicted molar refractivity (Wildman–Crippen MR) is 79.1 cm³/mol. The van der Waals surface area contributed by atoms with E-state index in [9.17, 15) is 0 Å². The number of hydrogen-bond acceptors (Lipinski definition) is 2. The zero-order valence-electron chi connectivity index (χ0n) is 10.6. The molecule has 0 spiro atoms. The second-order valence-electron chi connectivity index (χ2n) is 4.52. The van der Waals surface area contributed by atoms with Crippen LogP contribution in [0, 0.1) is 0 Å². The molecule has 1 aromatic carbocycles. The summed E-state index contributed by atoms with van der Waals surface area (Å²) in [7, 11) is 2.00. The van der Waals surface area contributed by atoms with Gasteiger partial charge in [-0.15, -0.1) is 0 Å². The van der Waals surface area contributed by atoms with E-state index in [1.54, 1.807) is 0 Å². The van der Waals surface area contributed by atoms with Crippen molar-refractivity contribution >= 4 is 22.5 Å². The number of pyridine rings is 1. The van der Waals surface area contributed by atoms with Gasteiger partial charge in [0.05, 0.1) is 21.9 Å². The summed E-state index contributed by atoms with van der Waals surface area (Å²) in [6.45, 7) is 0.508. The normalized spacial score (nSPS) is 11.1. The number of aryl methyl sites for hydroxylation is 1. The van der Waals surface area contributed by atoms with Crippen LogP contribution in [0.4, 0.5) is 0 Å². The number of fused-ring (bicyclic) bond motifs is 1. The minimum Gasteiger partial charge on any atom is -0.341 e. The predicted octanol–water partition coefficient (Wildman–Crippen LogP) is 3.35. The first-order chi connectivity index (χ1) is 9.20. The minimum atomic E-state index is 0.508. The molecule has 0 atom stereocenters. The van der Waals surface area contributed by atoms with E-state index >= 15 is 0 Å². The standard InChI is InChI=1S/C15H14ClN3/c1-19-14(13-6-5-10(8-17)9-18-13)7-11-3-2-4-12(16)15(11)19/h2-7,9H,8,17H2,1H3. The van der Waals surface area contributed by atoms with Crippen molar-refractivity contribution in [1.29, 1.82) is 0 Å². The van der Waals surface area contributed by atoms with Gasteiger partial charge in [0.25, 0.3) is 0 Å². The lowest BCUT2D eigenvalue weighted by Gasteiger charge is -2.05. The van der Waals surface area contributed by atoms with Crippen LogP contribution >= 0.6 is 11.6 Å². The van der Waals surface area contributed by atoms with Crippen molar-refractivity contribution in [3.05, 3.63) is 53.2 Å². The minimum absolute atomic E-state index is 0.508. The molecular formula is C15H14ClN3.